The second-order valence-corrected chi connectivity index (χ2v) is 5.57. The van der Waals surface area contributed by atoms with E-state index < -0.39 is 6.10 Å². The second kappa shape index (κ2) is 6.83. The molecule has 0 spiro atoms. The van der Waals surface area contributed by atoms with Gasteiger partial charge in [0.15, 0.2) is 0 Å². The number of rotatable bonds is 7. The highest BCUT2D eigenvalue weighted by atomic mass is 16.5. The molecular formula is C12H24N4O3. The molecule has 2 N–H and O–H groups in total. The highest BCUT2D eigenvalue weighted by molar-refractivity contribution is 5.22. The van der Waals surface area contributed by atoms with Crippen molar-refractivity contribution in [2.24, 2.45) is 0 Å². The second-order valence-electron chi connectivity index (χ2n) is 5.57. The molecule has 7 nitrogen and oxygen atoms in total. The van der Waals surface area contributed by atoms with E-state index in [1.54, 1.807) is 19.1 Å². The van der Waals surface area contributed by atoms with E-state index in [1.807, 2.05) is 0 Å². The normalized spacial score (nSPS) is 13.6. The molecule has 1 rings (SSSR count). The van der Waals surface area contributed by atoms with Crippen molar-refractivity contribution in [3.8, 4) is 0 Å². The van der Waals surface area contributed by atoms with Gasteiger partial charge in [0.2, 0.25) is 5.89 Å². The standard InChI is InChI=1S/C12H24N4O3/c1-12(2,3)13-6-10-14-15-11(19-10)16(4)7-9(17)8-18-5/h9,13,17H,6-8H2,1-5H3. The molecule has 1 atom stereocenters. The number of hydrogen-bond acceptors (Lipinski definition) is 7. The van der Waals surface area contributed by atoms with Crippen molar-refractivity contribution in [1.82, 2.24) is 15.5 Å². The molecule has 0 aliphatic heterocycles. The van der Waals surface area contributed by atoms with Crippen LogP contribution in [0.3, 0.4) is 0 Å². The summed E-state index contributed by atoms with van der Waals surface area (Å²) in [5.41, 5.74) is -0.00477. The van der Waals surface area contributed by atoms with E-state index in [2.05, 4.69) is 36.3 Å². The number of anilines is 1. The Labute approximate surface area is 114 Å². The molecule has 0 aliphatic carbocycles. The predicted molar refractivity (Wildman–Crippen MR) is 72.0 cm³/mol. The lowest BCUT2D eigenvalue weighted by Gasteiger charge is -2.19. The summed E-state index contributed by atoms with van der Waals surface area (Å²) < 4.78 is 10.4. The first-order valence-corrected chi connectivity index (χ1v) is 6.27. The van der Waals surface area contributed by atoms with E-state index in [4.69, 9.17) is 9.15 Å². The minimum Gasteiger partial charge on any atom is -0.407 e. The minimum absolute atomic E-state index is 0.00477. The molecule has 19 heavy (non-hydrogen) atoms. The number of likely N-dealkylation sites (N-methyl/N-ethyl adjacent to an activating group) is 1. The summed E-state index contributed by atoms with van der Waals surface area (Å²) in [5, 5.41) is 20.8. The Kier molecular flexibility index (Phi) is 5.71. The van der Waals surface area contributed by atoms with Gasteiger partial charge in [0.05, 0.1) is 25.8 Å². The first-order valence-electron chi connectivity index (χ1n) is 6.27. The summed E-state index contributed by atoms with van der Waals surface area (Å²) in [6.07, 6.45) is -0.585. The van der Waals surface area contributed by atoms with E-state index in [0.717, 1.165) is 0 Å². The fourth-order valence-corrected chi connectivity index (χ4v) is 1.45. The monoisotopic (exact) mass is 272 g/mol. The number of nitrogens with one attached hydrogen (secondary N) is 1. The van der Waals surface area contributed by atoms with Crippen molar-refractivity contribution in [1.29, 1.82) is 0 Å². The van der Waals surface area contributed by atoms with Crippen LogP contribution in [-0.4, -0.2) is 54.3 Å². The maximum Gasteiger partial charge on any atom is 0.318 e. The summed E-state index contributed by atoms with van der Waals surface area (Å²) >= 11 is 0. The van der Waals surface area contributed by atoms with Crippen LogP contribution in [0, 0.1) is 0 Å². The lowest BCUT2D eigenvalue weighted by molar-refractivity contribution is 0.0689. The zero-order chi connectivity index (χ0) is 14.5. The Morgan fingerprint density at radius 2 is 2.11 bits per heavy atom. The molecule has 1 heterocycles. The fraction of sp³-hybridized carbons (Fsp3) is 0.833. The van der Waals surface area contributed by atoms with Gasteiger partial charge in [-0.1, -0.05) is 5.10 Å². The van der Waals surface area contributed by atoms with Gasteiger partial charge in [-0.2, -0.15) is 0 Å². The predicted octanol–water partition coefficient (Wildman–Crippen LogP) is 0.401. The summed E-state index contributed by atoms with van der Waals surface area (Å²) in [5.74, 6) is 0.526. The molecule has 0 saturated heterocycles. The Morgan fingerprint density at radius 1 is 1.42 bits per heavy atom. The molecule has 1 aromatic heterocycles. The van der Waals surface area contributed by atoms with Crippen molar-refractivity contribution in [2.45, 2.75) is 39.0 Å². The minimum atomic E-state index is -0.585. The Hall–Kier alpha value is -1.18. The fourth-order valence-electron chi connectivity index (χ4n) is 1.45. The van der Waals surface area contributed by atoms with Gasteiger partial charge >= 0.3 is 6.01 Å². The lowest BCUT2D eigenvalue weighted by Crippen LogP contribution is -2.35. The van der Waals surface area contributed by atoms with Gasteiger partial charge in [-0.25, -0.2) is 0 Å². The third kappa shape index (κ3) is 6.00. The van der Waals surface area contributed by atoms with Gasteiger partial charge in [-0.05, 0) is 20.8 Å². The average Bonchev–Trinajstić information content (AvgIpc) is 2.74. The van der Waals surface area contributed by atoms with Crippen LogP contribution in [0.25, 0.3) is 0 Å². The van der Waals surface area contributed by atoms with Crippen LogP contribution >= 0.6 is 0 Å². The molecule has 0 aliphatic rings. The van der Waals surface area contributed by atoms with Crippen LogP contribution in [0.5, 0.6) is 0 Å². The Bertz CT molecular complexity index is 375. The van der Waals surface area contributed by atoms with Crippen molar-refractivity contribution in [3.05, 3.63) is 5.89 Å². The van der Waals surface area contributed by atoms with Gasteiger partial charge in [-0.15, -0.1) is 5.10 Å². The first-order chi connectivity index (χ1) is 8.81. The summed E-state index contributed by atoms with van der Waals surface area (Å²) in [7, 11) is 3.33. The number of aliphatic hydroxyl groups excluding tert-OH is 1. The Morgan fingerprint density at radius 3 is 2.68 bits per heavy atom. The summed E-state index contributed by atoms with van der Waals surface area (Å²) in [6.45, 7) is 7.37. The maximum atomic E-state index is 9.63. The van der Waals surface area contributed by atoms with E-state index >= 15 is 0 Å². The number of ether oxygens (including phenoxy) is 1. The zero-order valence-corrected chi connectivity index (χ0v) is 12.3. The van der Waals surface area contributed by atoms with Crippen LogP contribution in [0.2, 0.25) is 0 Å². The molecule has 1 unspecified atom stereocenters. The van der Waals surface area contributed by atoms with Crippen LogP contribution in [0.4, 0.5) is 6.01 Å². The quantitative estimate of drug-likeness (QED) is 0.743. The first kappa shape index (κ1) is 15.9. The molecule has 0 bridgehead atoms. The molecule has 110 valence electrons. The highest BCUT2D eigenvalue weighted by Gasteiger charge is 2.16. The van der Waals surface area contributed by atoms with E-state index in [1.165, 1.54) is 0 Å². The molecule has 7 heteroatoms. The van der Waals surface area contributed by atoms with Crippen LogP contribution < -0.4 is 10.2 Å². The maximum absolute atomic E-state index is 9.63. The van der Waals surface area contributed by atoms with Crippen LogP contribution in [0.15, 0.2) is 4.42 Å². The molecule has 0 aromatic carbocycles. The van der Waals surface area contributed by atoms with Gasteiger partial charge < -0.3 is 24.5 Å². The van der Waals surface area contributed by atoms with E-state index in [-0.39, 0.29) is 12.1 Å². The zero-order valence-electron chi connectivity index (χ0n) is 12.3. The van der Waals surface area contributed by atoms with Crippen molar-refractivity contribution < 1.29 is 14.3 Å². The van der Waals surface area contributed by atoms with Gasteiger partial charge in [0, 0.05) is 19.7 Å². The number of aliphatic hydroxyl groups is 1. The molecule has 0 amide bonds. The molecular weight excluding hydrogens is 248 g/mol. The van der Waals surface area contributed by atoms with Crippen molar-refractivity contribution in [2.75, 3.05) is 32.2 Å². The third-order valence-electron chi connectivity index (χ3n) is 2.40. The topological polar surface area (TPSA) is 83.7 Å². The number of hydrogen-bond donors (Lipinski definition) is 2. The summed E-state index contributed by atoms with van der Waals surface area (Å²) in [4.78, 5) is 1.71. The Balaban J connectivity index is 2.49. The number of aromatic nitrogens is 2. The molecule has 0 saturated carbocycles. The van der Waals surface area contributed by atoms with E-state index in [0.29, 0.717) is 25.0 Å². The smallest absolute Gasteiger partial charge is 0.318 e. The highest BCUT2D eigenvalue weighted by Crippen LogP contribution is 2.11. The molecule has 0 radical (unpaired) electrons. The number of nitrogens with zero attached hydrogens (tertiary/aromatic N) is 3. The van der Waals surface area contributed by atoms with Gasteiger partial charge in [0.25, 0.3) is 0 Å². The SMILES string of the molecule is COCC(O)CN(C)c1nnc(CNC(C)(C)C)o1. The number of methoxy groups -OCH3 is 1. The average molecular weight is 272 g/mol. The van der Waals surface area contributed by atoms with Crippen LogP contribution in [0.1, 0.15) is 26.7 Å². The van der Waals surface area contributed by atoms with Crippen molar-refractivity contribution in [3.63, 3.8) is 0 Å². The largest absolute Gasteiger partial charge is 0.407 e. The van der Waals surface area contributed by atoms with Crippen molar-refractivity contribution >= 4 is 6.01 Å². The van der Waals surface area contributed by atoms with Crippen LogP contribution in [-0.2, 0) is 11.3 Å². The molecule has 1 aromatic rings. The van der Waals surface area contributed by atoms with E-state index in [9.17, 15) is 5.11 Å². The molecule has 0 fully saturated rings. The lowest BCUT2D eigenvalue weighted by atomic mass is 10.1. The third-order valence-corrected chi connectivity index (χ3v) is 2.40. The van der Waals surface area contributed by atoms with Gasteiger partial charge in [-0.3, -0.25) is 0 Å². The van der Waals surface area contributed by atoms with Gasteiger partial charge in [0.1, 0.15) is 0 Å². The summed E-state index contributed by atoms with van der Waals surface area (Å²) in [6, 6.07) is 0.390.